The SMILES string of the molecule is c1ccc(-n2c3ccccc3c3c4c5c6oc7ccccc7c6ccc5n(-c5ccccc5)c4ccc32)cc1. The molecule has 0 bridgehead atoms. The van der Waals surface area contributed by atoms with Crippen molar-refractivity contribution < 1.29 is 4.42 Å². The first-order valence-corrected chi connectivity index (χ1v) is 13.3. The number of hydrogen-bond acceptors (Lipinski definition) is 1. The van der Waals surface area contributed by atoms with Gasteiger partial charge in [0.15, 0.2) is 0 Å². The Hall–Kier alpha value is -5.28. The summed E-state index contributed by atoms with van der Waals surface area (Å²) in [6, 6.07) is 47.4. The van der Waals surface area contributed by atoms with Crippen LogP contribution in [0.5, 0.6) is 0 Å². The van der Waals surface area contributed by atoms with Gasteiger partial charge in [0.1, 0.15) is 11.2 Å². The minimum absolute atomic E-state index is 0.916. The molecule has 3 aromatic heterocycles. The number of hydrogen-bond donors (Lipinski definition) is 0. The molecule has 9 aromatic rings. The molecule has 0 aliphatic rings. The lowest BCUT2D eigenvalue weighted by atomic mass is 10.0. The molecule has 0 atom stereocenters. The number of aromatic nitrogens is 2. The van der Waals surface area contributed by atoms with Gasteiger partial charge in [-0.1, -0.05) is 72.8 Å². The van der Waals surface area contributed by atoms with Crippen molar-refractivity contribution in [2.45, 2.75) is 0 Å². The quantitative estimate of drug-likeness (QED) is 0.233. The second-order valence-electron chi connectivity index (χ2n) is 10.1. The molecule has 0 amide bonds. The predicted octanol–water partition coefficient (Wildman–Crippen LogP) is 9.78. The topological polar surface area (TPSA) is 23.0 Å². The van der Waals surface area contributed by atoms with Gasteiger partial charge in [-0.15, -0.1) is 0 Å². The standard InChI is InChI=1S/C36H22N2O/c1-3-11-23(12-4-1)37-28-17-9-7-16-27(28)33-29(37)21-22-30-34(33)35-31(38(30)24-13-5-2-6-14-24)20-19-26-25-15-8-10-18-32(25)39-36(26)35/h1-22H. The largest absolute Gasteiger partial charge is 0.455 e. The Labute approximate surface area is 223 Å². The van der Waals surface area contributed by atoms with Crippen molar-refractivity contribution >= 4 is 65.6 Å². The molecule has 3 heterocycles. The fraction of sp³-hybridized carbons (Fsp3) is 0. The van der Waals surface area contributed by atoms with E-state index in [9.17, 15) is 0 Å². The minimum Gasteiger partial charge on any atom is -0.455 e. The van der Waals surface area contributed by atoms with Crippen molar-refractivity contribution in [1.82, 2.24) is 9.13 Å². The molecule has 0 saturated carbocycles. The van der Waals surface area contributed by atoms with Crippen molar-refractivity contribution in [3.8, 4) is 11.4 Å². The van der Waals surface area contributed by atoms with Crippen LogP contribution in [0.25, 0.3) is 76.9 Å². The highest BCUT2D eigenvalue weighted by Gasteiger charge is 2.23. The van der Waals surface area contributed by atoms with Crippen LogP contribution in [-0.2, 0) is 0 Å². The van der Waals surface area contributed by atoms with Crippen LogP contribution in [0.2, 0.25) is 0 Å². The van der Waals surface area contributed by atoms with Crippen LogP contribution in [0.3, 0.4) is 0 Å². The van der Waals surface area contributed by atoms with E-state index in [1.54, 1.807) is 0 Å². The Morgan fingerprint density at radius 1 is 0.359 bits per heavy atom. The first kappa shape index (κ1) is 20.7. The molecule has 0 saturated heterocycles. The van der Waals surface area contributed by atoms with E-state index in [-0.39, 0.29) is 0 Å². The van der Waals surface area contributed by atoms with Gasteiger partial charge in [0.25, 0.3) is 0 Å². The van der Waals surface area contributed by atoms with E-state index in [2.05, 4.69) is 137 Å². The fourth-order valence-corrected chi connectivity index (χ4v) is 6.54. The predicted molar refractivity (Wildman–Crippen MR) is 162 cm³/mol. The van der Waals surface area contributed by atoms with E-state index in [4.69, 9.17) is 4.42 Å². The van der Waals surface area contributed by atoms with Crippen molar-refractivity contribution in [3.63, 3.8) is 0 Å². The Morgan fingerprint density at radius 2 is 0.897 bits per heavy atom. The molecule has 0 radical (unpaired) electrons. The highest BCUT2D eigenvalue weighted by molar-refractivity contribution is 6.33. The lowest BCUT2D eigenvalue weighted by Crippen LogP contribution is -1.94. The Kier molecular flexibility index (Phi) is 4.05. The molecule has 6 aromatic carbocycles. The maximum Gasteiger partial charge on any atom is 0.145 e. The Bertz CT molecular complexity index is 2370. The van der Waals surface area contributed by atoms with E-state index in [0.29, 0.717) is 0 Å². The summed E-state index contributed by atoms with van der Waals surface area (Å²) in [5.74, 6) is 0. The van der Waals surface area contributed by atoms with Gasteiger partial charge in [0, 0.05) is 38.3 Å². The molecule has 0 aliphatic heterocycles. The summed E-state index contributed by atoms with van der Waals surface area (Å²) in [4.78, 5) is 0. The van der Waals surface area contributed by atoms with Gasteiger partial charge in [0.05, 0.1) is 27.5 Å². The van der Waals surface area contributed by atoms with Crippen molar-refractivity contribution in [1.29, 1.82) is 0 Å². The van der Waals surface area contributed by atoms with Crippen molar-refractivity contribution in [2.24, 2.45) is 0 Å². The molecule has 9 rings (SSSR count). The number of furan rings is 1. The van der Waals surface area contributed by atoms with E-state index in [0.717, 1.165) is 44.2 Å². The smallest absolute Gasteiger partial charge is 0.145 e. The van der Waals surface area contributed by atoms with E-state index < -0.39 is 0 Å². The van der Waals surface area contributed by atoms with Gasteiger partial charge in [-0.25, -0.2) is 0 Å². The van der Waals surface area contributed by atoms with Gasteiger partial charge in [-0.2, -0.15) is 0 Å². The molecule has 182 valence electrons. The second kappa shape index (κ2) is 7.62. The lowest BCUT2D eigenvalue weighted by molar-refractivity contribution is 0.673. The van der Waals surface area contributed by atoms with Crippen LogP contribution < -0.4 is 0 Å². The summed E-state index contributed by atoms with van der Waals surface area (Å²) in [6.45, 7) is 0. The van der Waals surface area contributed by atoms with Crippen LogP contribution >= 0.6 is 0 Å². The zero-order chi connectivity index (χ0) is 25.5. The molecule has 0 N–H and O–H groups in total. The third-order valence-corrected chi connectivity index (χ3v) is 8.10. The van der Waals surface area contributed by atoms with Crippen LogP contribution in [0.15, 0.2) is 138 Å². The summed E-state index contributed by atoms with van der Waals surface area (Å²) in [5, 5.41) is 7.16. The first-order valence-electron chi connectivity index (χ1n) is 13.3. The average Bonchev–Trinajstić information content (AvgIpc) is 3.65. The Morgan fingerprint density at radius 3 is 1.64 bits per heavy atom. The van der Waals surface area contributed by atoms with Crippen LogP contribution in [0.1, 0.15) is 0 Å². The summed E-state index contributed by atoms with van der Waals surface area (Å²) in [5.41, 5.74) is 8.86. The van der Waals surface area contributed by atoms with Crippen molar-refractivity contribution in [2.75, 3.05) is 0 Å². The molecule has 39 heavy (non-hydrogen) atoms. The van der Waals surface area contributed by atoms with Crippen LogP contribution in [0, 0.1) is 0 Å². The van der Waals surface area contributed by atoms with Gasteiger partial charge >= 0.3 is 0 Å². The van der Waals surface area contributed by atoms with Gasteiger partial charge in [-0.05, 0) is 60.7 Å². The first-order chi connectivity index (χ1) is 19.4. The fourth-order valence-electron chi connectivity index (χ4n) is 6.54. The summed E-state index contributed by atoms with van der Waals surface area (Å²) in [7, 11) is 0. The molecule has 3 heteroatoms. The summed E-state index contributed by atoms with van der Waals surface area (Å²) < 4.78 is 11.4. The number of fused-ring (bicyclic) bond motifs is 11. The third kappa shape index (κ3) is 2.71. The van der Waals surface area contributed by atoms with E-state index in [1.165, 1.54) is 32.7 Å². The average molecular weight is 499 g/mol. The zero-order valence-electron chi connectivity index (χ0n) is 21.0. The molecular weight excluding hydrogens is 476 g/mol. The van der Waals surface area contributed by atoms with E-state index in [1.807, 2.05) is 6.07 Å². The molecule has 0 unspecified atom stereocenters. The van der Waals surface area contributed by atoms with Gasteiger partial charge < -0.3 is 13.6 Å². The maximum absolute atomic E-state index is 6.66. The highest BCUT2D eigenvalue weighted by Crippen LogP contribution is 2.45. The monoisotopic (exact) mass is 498 g/mol. The zero-order valence-corrected chi connectivity index (χ0v) is 21.0. The lowest BCUT2D eigenvalue weighted by Gasteiger charge is -2.09. The second-order valence-corrected chi connectivity index (χ2v) is 10.1. The number of nitrogens with zero attached hydrogens (tertiary/aromatic N) is 2. The molecule has 3 nitrogen and oxygen atoms in total. The minimum atomic E-state index is 0.916. The van der Waals surface area contributed by atoms with Gasteiger partial charge in [0.2, 0.25) is 0 Å². The van der Waals surface area contributed by atoms with E-state index >= 15 is 0 Å². The molecule has 0 fully saturated rings. The highest BCUT2D eigenvalue weighted by atomic mass is 16.3. The number of para-hydroxylation sites is 4. The number of rotatable bonds is 2. The van der Waals surface area contributed by atoms with Gasteiger partial charge in [-0.3, -0.25) is 0 Å². The summed E-state index contributed by atoms with van der Waals surface area (Å²) in [6.07, 6.45) is 0. The van der Waals surface area contributed by atoms with Crippen LogP contribution in [0.4, 0.5) is 0 Å². The normalized spacial score (nSPS) is 12.1. The van der Waals surface area contributed by atoms with Crippen molar-refractivity contribution in [3.05, 3.63) is 133 Å². The third-order valence-electron chi connectivity index (χ3n) is 8.10. The Balaban J connectivity index is 1.59. The summed E-state index contributed by atoms with van der Waals surface area (Å²) >= 11 is 0. The molecule has 0 aliphatic carbocycles. The molecular formula is C36H22N2O. The number of benzene rings is 6. The molecule has 0 spiro atoms. The maximum atomic E-state index is 6.66. The van der Waals surface area contributed by atoms with Crippen LogP contribution in [-0.4, -0.2) is 9.13 Å².